The lowest BCUT2D eigenvalue weighted by Gasteiger charge is -2.32. The van der Waals surface area contributed by atoms with Gasteiger partial charge < -0.3 is 29.4 Å². The smallest absolute Gasteiger partial charge is 0.409 e. The minimum Gasteiger partial charge on any atom is -0.464 e. The van der Waals surface area contributed by atoms with Gasteiger partial charge in [0.25, 0.3) is 0 Å². The van der Waals surface area contributed by atoms with E-state index in [0.717, 1.165) is 19.2 Å². The van der Waals surface area contributed by atoms with Gasteiger partial charge in [-0.2, -0.15) is 10.4 Å². The summed E-state index contributed by atoms with van der Waals surface area (Å²) in [5, 5.41) is 17.7. The quantitative estimate of drug-likeness (QED) is 0.0982. The normalized spacial score (nSPS) is 21.9. The van der Waals surface area contributed by atoms with E-state index in [4.69, 9.17) is 38.5 Å². The molecule has 1 aliphatic rings. The monoisotopic (exact) mass is 808 g/mol. The Labute approximate surface area is 328 Å². The third kappa shape index (κ3) is 11.0. The highest BCUT2D eigenvalue weighted by molar-refractivity contribution is 7.51. The fourth-order valence-corrected chi connectivity index (χ4v) is 6.52. The van der Waals surface area contributed by atoms with Crippen molar-refractivity contribution < 1.29 is 56.5 Å². The maximum Gasteiger partial charge on any atom is 0.409 e. The van der Waals surface area contributed by atoms with Crippen LogP contribution in [0.2, 0.25) is 0 Å². The topological polar surface area (TPSA) is 242 Å². The van der Waals surface area contributed by atoms with Crippen LogP contribution in [0, 0.1) is 33.5 Å². The van der Waals surface area contributed by atoms with Crippen molar-refractivity contribution in [2.75, 3.05) is 25.7 Å². The summed E-state index contributed by atoms with van der Waals surface area (Å²) in [6, 6.07) is 3.85. The molecule has 312 valence electrons. The van der Waals surface area contributed by atoms with Gasteiger partial charge in [0.15, 0.2) is 18.0 Å². The van der Waals surface area contributed by atoms with E-state index in [-0.39, 0.29) is 24.0 Å². The van der Waals surface area contributed by atoms with Crippen molar-refractivity contribution in [3.05, 3.63) is 24.2 Å². The van der Waals surface area contributed by atoms with Gasteiger partial charge in [-0.25, -0.2) is 19.2 Å². The molecule has 0 saturated carbocycles. The lowest BCUT2D eigenvalue weighted by Crippen LogP contribution is -2.48. The van der Waals surface area contributed by atoms with Gasteiger partial charge in [-0.05, 0) is 87.3 Å². The van der Waals surface area contributed by atoms with E-state index in [1.165, 1.54) is 23.6 Å². The van der Waals surface area contributed by atoms with E-state index in [0.29, 0.717) is 5.52 Å². The Kier molecular flexibility index (Phi) is 14.8. The number of nitrogen functional groups attached to an aromatic ring is 1. The number of fused-ring (bicyclic) bond motifs is 1. The summed E-state index contributed by atoms with van der Waals surface area (Å²) in [4.78, 5) is 56.6. The average Bonchev–Trinajstić information content (AvgIpc) is 3.67. The molecule has 1 aliphatic heterocycles. The van der Waals surface area contributed by atoms with E-state index in [1.54, 1.807) is 62.3 Å². The van der Waals surface area contributed by atoms with Crippen molar-refractivity contribution >= 4 is 43.0 Å². The number of esters is 4. The Hall–Kier alpha value is -4.14. The lowest BCUT2D eigenvalue weighted by atomic mass is 9.90. The Morgan fingerprint density at radius 1 is 0.964 bits per heavy atom. The maximum atomic E-state index is 14.4. The summed E-state index contributed by atoms with van der Waals surface area (Å²) in [5.74, 6) is -2.79. The summed E-state index contributed by atoms with van der Waals surface area (Å²) in [7, 11) is -4.66. The van der Waals surface area contributed by atoms with Crippen LogP contribution in [0.1, 0.15) is 102 Å². The van der Waals surface area contributed by atoms with Crippen LogP contribution < -0.4 is 10.8 Å². The Balaban J connectivity index is 2.11. The predicted molar refractivity (Wildman–Crippen MR) is 201 cm³/mol. The fraction of sp³-hybridized carbons (Fsp3) is 0.703. The summed E-state index contributed by atoms with van der Waals surface area (Å²) in [5.41, 5.74) is 1.06. The van der Waals surface area contributed by atoms with Gasteiger partial charge in [0, 0.05) is 0 Å². The SMILES string of the molecule is CCC(CC)COC(=O)[C@H](C)N[P@](=O)(OCOC(=O)C(C)(C)C)OC[C@H]1O[C@@](C#N)(c2ccc3c(N)ncnn23)[C@H](OC(=O)C(C)(C)C)[C@@H]1OC(=O)C(C)(C)C. The summed E-state index contributed by atoms with van der Waals surface area (Å²) >= 11 is 0. The maximum absolute atomic E-state index is 14.4. The van der Waals surface area contributed by atoms with Crippen LogP contribution in [0.25, 0.3) is 5.52 Å². The largest absolute Gasteiger partial charge is 0.464 e. The number of carbonyl (C=O) groups excluding carboxylic acids is 4. The van der Waals surface area contributed by atoms with Gasteiger partial charge >= 0.3 is 31.6 Å². The number of nitriles is 1. The second-order valence-electron chi connectivity index (χ2n) is 16.7. The first-order chi connectivity index (χ1) is 25.8. The molecule has 3 N–H and O–H groups in total. The molecule has 0 spiro atoms. The van der Waals surface area contributed by atoms with Crippen molar-refractivity contribution in [1.29, 1.82) is 5.26 Å². The van der Waals surface area contributed by atoms with E-state index in [9.17, 15) is 29.0 Å². The van der Waals surface area contributed by atoms with E-state index < -0.39 is 91.2 Å². The van der Waals surface area contributed by atoms with Gasteiger partial charge in [0.2, 0.25) is 12.4 Å². The van der Waals surface area contributed by atoms with Crippen LogP contribution in [-0.2, 0) is 62.1 Å². The first-order valence-corrected chi connectivity index (χ1v) is 20.0. The molecule has 1 saturated heterocycles. The van der Waals surface area contributed by atoms with Crippen LogP contribution in [0.4, 0.5) is 5.82 Å². The number of hydrogen-bond acceptors (Lipinski definition) is 16. The zero-order valence-corrected chi connectivity index (χ0v) is 35.3. The molecular weight excluding hydrogens is 751 g/mol. The molecule has 0 amide bonds. The Morgan fingerprint density at radius 3 is 2.11 bits per heavy atom. The number of aromatic nitrogens is 3. The number of nitrogens with one attached hydrogen (secondary N) is 1. The Bertz CT molecular complexity index is 1820. The number of nitrogens with two attached hydrogens (primary N) is 1. The van der Waals surface area contributed by atoms with Crippen molar-refractivity contribution in [2.45, 2.75) is 126 Å². The average molecular weight is 809 g/mol. The molecule has 0 bridgehead atoms. The molecule has 2 aromatic heterocycles. The van der Waals surface area contributed by atoms with E-state index in [1.807, 2.05) is 13.8 Å². The third-order valence-corrected chi connectivity index (χ3v) is 10.5. The van der Waals surface area contributed by atoms with Gasteiger partial charge in [-0.15, -0.1) is 0 Å². The van der Waals surface area contributed by atoms with Crippen LogP contribution >= 0.6 is 7.75 Å². The number of hydrogen-bond donors (Lipinski definition) is 2. The third-order valence-electron chi connectivity index (χ3n) is 8.89. The summed E-state index contributed by atoms with van der Waals surface area (Å²) < 4.78 is 56.1. The highest BCUT2D eigenvalue weighted by Crippen LogP contribution is 2.49. The number of carbonyl (C=O) groups is 4. The first-order valence-electron chi connectivity index (χ1n) is 18.4. The molecule has 0 aliphatic carbocycles. The molecule has 56 heavy (non-hydrogen) atoms. The predicted octanol–water partition coefficient (Wildman–Crippen LogP) is 4.99. The second-order valence-corrected chi connectivity index (χ2v) is 18.5. The lowest BCUT2D eigenvalue weighted by molar-refractivity contribution is -0.179. The van der Waals surface area contributed by atoms with Crippen molar-refractivity contribution in [3.8, 4) is 6.07 Å². The summed E-state index contributed by atoms with van der Waals surface area (Å²) in [6.07, 6.45) is -2.01. The molecule has 6 atom stereocenters. The molecule has 19 heteroatoms. The molecule has 1 fully saturated rings. The highest BCUT2D eigenvalue weighted by Gasteiger charge is 2.63. The molecular formula is C37H57N6O12P. The van der Waals surface area contributed by atoms with Crippen LogP contribution in [0.5, 0.6) is 0 Å². The zero-order valence-electron chi connectivity index (χ0n) is 34.4. The van der Waals surface area contributed by atoms with E-state index in [2.05, 4.69) is 21.2 Å². The molecule has 0 radical (unpaired) electrons. The molecule has 0 aromatic carbocycles. The molecule has 2 aromatic rings. The molecule has 3 heterocycles. The Morgan fingerprint density at radius 2 is 1.55 bits per heavy atom. The first kappa shape index (κ1) is 46.2. The van der Waals surface area contributed by atoms with Gasteiger partial charge in [-0.1, -0.05) is 26.7 Å². The second kappa shape index (κ2) is 18.0. The van der Waals surface area contributed by atoms with Crippen molar-refractivity contribution in [3.63, 3.8) is 0 Å². The van der Waals surface area contributed by atoms with Gasteiger partial charge in [0.05, 0.1) is 35.2 Å². The van der Waals surface area contributed by atoms with E-state index >= 15 is 0 Å². The molecule has 3 rings (SSSR count). The van der Waals surface area contributed by atoms with Gasteiger partial charge in [0.1, 0.15) is 30.1 Å². The minimum absolute atomic E-state index is 0.0376. The standard InChI is InChI=1S/C37H57N6O12P/c1-13-23(14-2)17-49-30(44)22(3)42-56(48,52-21-50-31(45)34(4,5)6)51-18-25-27(53-32(46)35(7,8)9)28(54-33(47)36(10,11)12)37(19-38,55-25)26-16-15-24-29(39)40-20-41-43(24)26/h15-16,20,22-23,25,27-28H,13-14,17-18,21H2,1-12H3,(H,42,48)(H2,39,40,41)/t22-,25+,27+,28+,37-,56+/m0/s1. The molecule has 18 nitrogen and oxygen atoms in total. The van der Waals surface area contributed by atoms with Crippen LogP contribution in [0.3, 0.4) is 0 Å². The van der Waals surface area contributed by atoms with Crippen LogP contribution in [0.15, 0.2) is 18.5 Å². The number of rotatable bonds is 16. The summed E-state index contributed by atoms with van der Waals surface area (Å²) in [6.45, 7) is 18.2. The number of ether oxygens (including phenoxy) is 5. The zero-order chi connectivity index (χ0) is 42.4. The fourth-order valence-electron chi connectivity index (χ4n) is 5.18. The number of nitrogens with zero attached hydrogens (tertiary/aromatic N) is 4. The molecule has 0 unspecified atom stereocenters. The highest BCUT2D eigenvalue weighted by atomic mass is 31.2. The van der Waals surface area contributed by atoms with Crippen molar-refractivity contribution in [2.24, 2.45) is 22.2 Å². The van der Waals surface area contributed by atoms with Crippen molar-refractivity contribution in [1.82, 2.24) is 19.7 Å². The van der Waals surface area contributed by atoms with Gasteiger partial charge in [-0.3, -0.25) is 28.2 Å². The number of anilines is 1. The van der Waals surface area contributed by atoms with Crippen LogP contribution in [-0.4, -0.2) is 82.8 Å². The minimum atomic E-state index is -4.66.